The summed E-state index contributed by atoms with van der Waals surface area (Å²) < 4.78 is 22.0. The SMILES string of the molecule is COc1ccc(-c2cncc(C#N)c2Nc2ccc3c(c2)OCCO3)cc1OC. The lowest BCUT2D eigenvalue weighted by molar-refractivity contribution is 0.171. The molecule has 0 radical (unpaired) electrons. The molecule has 0 amide bonds. The van der Waals surface area contributed by atoms with E-state index >= 15 is 0 Å². The van der Waals surface area contributed by atoms with Gasteiger partial charge in [-0.15, -0.1) is 0 Å². The van der Waals surface area contributed by atoms with Gasteiger partial charge in [-0.2, -0.15) is 5.26 Å². The number of anilines is 2. The van der Waals surface area contributed by atoms with E-state index in [0.717, 1.165) is 16.8 Å². The predicted octanol–water partition coefficient (Wildman–Crippen LogP) is 4.15. The summed E-state index contributed by atoms with van der Waals surface area (Å²) >= 11 is 0. The highest BCUT2D eigenvalue weighted by Crippen LogP contribution is 2.39. The number of hydrogen-bond donors (Lipinski definition) is 1. The van der Waals surface area contributed by atoms with Gasteiger partial charge < -0.3 is 24.3 Å². The number of nitrogens with one attached hydrogen (secondary N) is 1. The third-order valence-corrected chi connectivity index (χ3v) is 4.57. The van der Waals surface area contributed by atoms with E-state index < -0.39 is 0 Å². The molecule has 7 nitrogen and oxygen atoms in total. The smallest absolute Gasteiger partial charge is 0.163 e. The zero-order valence-corrected chi connectivity index (χ0v) is 16.1. The quantitative estimate of drug-likeness (QED) is 0.701. The van der Waals surface area contributed by atoms with Gasteiger partial charge in [0.1, 0.15) is 19.3 Å². The third kappa shape index (κ3) is 3.60. The highest BCUT2D eigenvalue weighted by molar-refractivity contribution is 5.85. The monoisotopic (exact) mass is 389 g/mol. The fourth-order valence-corrected chi connectivity index (χ4v) is 3.17. The molecule has 0 aliphatic carbocycles. The van der Waals surface area contributed by atoms with Gasteiger partial charge in [-0.1, -0.05) is 6.07 Å². The molecule has 1 N–H and O–H groups in total. The number of nitriles is 1. The number of methoxy groups -OCH3 is 2. The molecule has 3 aromatic rings. The molecule has 1 aromatic heterocycles. The van der Waals surface area contributed by atoms with Crippen molar-refractivity contribution in [2.24, 2.45) is 0 Å². The first-order valence-corrected chi connectivity index (χ1v) is 9.00. The molecule has 0 atom stereocenters. The minimum atomic E-state index is 0.423. The normalized spacial score (nSPS) is 12.0. The van der Waals surface area contributed by atoms with E-state index in [1.165, 1.54) is 6.20 Å². The van der Waals surface area contributed by atoms with Gasteiger partial charge in [0.15, 0.2) is 23.0 Å². The van der Waals surface area contributed by atoms with Crippen LogP contribution in [0.4, 0.5) is 11.4 Å². The second-order valence-electron chi connectivity index (χ2n) is 6.27. The van der Waals surface area contributed by atoms with Crippen molar-refractivity contribution in [3.8, 4) is 40.2 Å². The topological polar surface area (TPSA) is 85.6 Å². The molecule has 0 saturated carbocycles. The maximum Gasteiger partial charge on any atom is 0.163 e. The van der Waals surface area contributed by atoms with Gasteiger partial charge in [0.05, 0.1) is 25.5 Å². The van der Waals surface area contributed by atoms with Crippen LogP contribution in [0.3, 0.4) is 0 Å². The predicted molar refractivity (Wildman–Crippen MR) is 108 cm³/mol. The van der Waals surface area contributed by atoms with E-state index in [4.69, 9.17) is 18.9 Å². The van der Waals surface area contributed by atoms with Crippen molar-refractivity contribution in [1.82, 2.24) is 4.98 Å². The number of hydrogen-bond acceptors (Lipinski definition) is 7. The molecule has 2 aromatic carbocycles. The zero-order chi connectivity index (χ0) is 20.2. The summed E-state index contributed by atoms with van der Waals surface area (Å²) in [5.74, 6) is 2.60. The minimum absolute atomic E-state index is 0.423. The molecule has 1 aliphatic rings. The van der Waals surface area contributed by atoms with E-state index in [0.29, 0.717) is 47.5 Å². The van der Waals surface area contributed by atoms with Crippen molar-refractivity contribution in [3.63, 3.8) is 0 Å². The Bertz CT molecular complexity index is 1090. The molecule has 146 valence electrons. The third-order valence-electron chi connectivity index (χ3n) is 4.57. The second kappa shape index (κ2) is 7.98. The largest absolute Gasteiger partial charge is 0.493 e. The lowest BCUT2D eigenvalue weighted by atomic mass is 10.0. The maximum absolute atomic E-state index is 9.62. The summed E-state index contributed by atoms with van der Waals surface area (Å²) in [4.78, 5) is 4.22. The fraction of sp³-hybridized carbons (Fsp3) is 0.182. The molecule has 0 spiro atoms. The molecule has 7 heteroatoms. The Morgan fingerprint density at radius 1 is 0.966 bits per heavy atom. The van der Waals surface area contributed by atoms with Gasteiger partial charge >= 0.3 is 0 Å². The Labute approximate surface area is 168 Å². The molecular weight excluding hydrogens is 370 g/mol. The van der Waals surface area contributed by atoms with Crippen molar-refractivity contribution >= 4 is 11.4 Å². The van der Waals surface area contributed by atoms with Crippen molar-refractivity contribution in [3.05, 3.63) is 54.4 Å². The fourth-order valence-electron chi connectivity index (χ4n) is 3.17. The Balaban J connectivity index is 1.77. The van der Waals surface area contributed by atoms with Gasteiger partial charge in [-0.3, -0.25) is 4.98 Å². The molecule has 0 unspecified atom stereocenters. The van der Waals surface area contributed by atoms with E-state index in [1.807, 2.05) is 36.4 Å². The average Bonchev–Trinajstić information content (AvgIpc) is 2.78. The Morgan fingerprint density at radius 2 is 1.76 bits per heavy atom. The molecule has 0 bridgehead atoms. The number of fused-ring (bicyclic) bond motifs is 1. The summed E-state index contributed by atoms with van der Waals surface area (Å²) in [6.45, 7) is 1.04. The summed E-state index contributed by atoms with van der Waals surface area (Å²) in [7, 11) is 3.17. The van der Waals surface area contributed by atoms with Crippen LogP contribution < -0.4 is 24.3 Å². The minimum Gasteiger partial charge on any atom is -0.493 e. The summed E-state index contributed by atoms with van der Waals surface area (Å²) in [5.41, 5.74) is 3.45. The number of benzene rings is 2. The Hall–Kier alpha value is -3.92. The number of rotatable bonds is 5. The molecule has 0 saturated heterocycles. The second-order valence-corrected chi connectivity index (χ2v) is 6.27. The standard InChI is InChI=1S/C22H19N3O4/c1-26-18-5-3-14(9-20(18)27-2)17-13-24-12-15(11-23)22(17)25-16-4-6-19-21(10-16)29-8-7-28-19/h3-6,9-10,12-13H,7-8H2,1-2H3,(H,24,25). The molecule has 2 heterocycles. The van der Waals surface area contributed by atoms with Crippen LogP contribution in [0, 0.1) is 11.3 Å². The van der Waals surface area contributed by atoms with Crippen LogP contribution in [0.1, 0.15) is 5.56 Å². The van der Waals surface area contributed by atoms with Crippen LogP contribution >= 0.6 is 0 Å². The highest BCUT2D eigenvalue weighted by Gasteiger charge is 2.16. The molecule has 4 rings (SSSR count). The van der Waals surface area contributed by atoms with Gasteiger partial charge in [0.2, 0.25) is 0 Å². The van der Waals surface area contributed by atoms with Crippen molar-refractivity contribution in [1.29, 1.82) is 5.26 Å². The number of aromatic nitrogens is 1. The molecule has 29 heavy (non-hydrogen) atoms. The van der Waals surface area contributed by atoms with E-state index in [1.54, 1.807) is 20.4 Å². The van der Waals surface area contributed by atoms with Gasteiger partial charge in [0, 0.05) is 29.7 Å². The summed E-state index contributed by atoms with van der Waals surface area (Å²) in [5, 5.41) is 13.0. The van der Waals surface area contributed by atoms with Crippen LogP contribution in [0.5, 0.6) is 23.0 Å². The van der Waals surface area contributed by atoms with Crippen molar-refractivity contribution in [2.45, 2.75) is 0 Å². The van der Waals surface area contributed by atoms with Crippen LogP contribution in [0.2, 0.25) is 0 Å². The maximum atomic E-state index is 9.62. The summed E-state index contributed by atoms with van der Waals surface area (Å²) in [6, 6.07) is 13.4. The summed E-state index contributed by atoms with van der Waals surface area (Å²) in [6.07, 6.45) is 3.24. The molecular formula is C22H19N3O4. The van der Waals surface area contributed by atoms with Crippen molar-refractivity contribution in [2.75, 3.05) is 32.8 Å². The van der Waals surface area contributed by atoms with Gasteiger partial charge in [0.25, 0.3) is 0 Å². The van der Waals surface area contributed by atoms with E-state index in [9.17, 15) is 5.26 Å². The van der Waals surface area contributed by atoms with Crippen LogP contribution in [0.15, 0.2) is 48.8 Å². The molecule has 0 fully saturated rings. The highest BCUT2D eigenvalue weighted by atomic mass is 16.6. The van der Waals surface area contributed by atoms with E-state index in [2.05, 4.69) is 16.4 Å². The lowest BCUT2D eigenvalue weighted by Gasteiger charge is -2.20. The van der Waals surface area contributed by atoms with Gasteiger partial charge in [-0.05, 0) is 29.8 Å². The van der Waals surface area contributed by atoms with E-state index in [-0.39, 0.29) is 0 Å². The van der Waals surface area contributed by atoms with Crippen LogP contribution in [-0.2, 0) is 0 Å². The first-order valence-electron chi connectivity index (χ1n) is 9.00. The molecule has 1 aliphatic heterocycles. The number of pyridine rings is 1. The van der Waals surface area contributed by atoms with Gasteiger partial charge in [-0.25, -0.2) is 0 Å². The average molecular weight is 389 g/mol. The first-order chi connectivity index (χ1) is 14.2. The number of ether oxygens (including phenoxy) is 4. The lowest BCUT2D eigenvalue weighted by Crippen LogP contribution is -2.15. The first kappa shape index (κ1) is 18.4. The Morgan fingerprint density at radius 3 is 2.52 bits per heavy atom. The van der Waals surface area contributed by atoms with Crippen LogP contribution in [0.25, 0.3) is 11.1 Å². The van der Waals surface area contributed by atoms with Crippen molar-refractivity contribution < 1.29 is 18.9 Å². The number of nitrogens with zero attached hydrogens (tertiary/aromatic N) is 2. The van der Waals surface area contributed by atoms with Crippen LogP contribution in [-0.4, -0.2) is 32.4 Å². The Kier molecular flexibility index (Phi) is 5.08. The zero-order valence-electron chi connectivity index (χ0n) is 16.1.